The van der Waals surface area contributed by atoms with Crippen LogP contribution in [-0.2, 0) is 48.2 Å². The highest BCUT2D eigenvalue weighted by molar-refractivity contribution is 5.28. The summed E-state index contributed by atoms with van der Waals surface area (Å²) in [5.74, 6) is 2.01. The molecular formula is C38H46N12O9. The SMILES string of the molecule is COc1ccc(CO[C@@H](C)O[C@@H]2CC(N=[N+]=[N-])CC(N=[N+]=[N-])[C@H]2O[C@H]2OC(CN=[N+]=[N-])[C@@H](OCc3ccc(OC)cc3)[C@H](OCc3ccc(OC)cc3)C2N=[N+]=[N-])cc1. The molecule has 0 amide bonds. The molecule has 1 heterocycles. The summed E-state index contributed by atoms with van der Waals surface area (Å²) in [7, 11) is 4.71. The summed E-state index contributed by atoms with van der Waals surface area (Å²) in [6.45, 7) is 1.80. The van der Waals surface area contributed by atoms with Crippen molar-refractivity contribution >= 4 is 0 Å². The van der Waals surface area contributed by atoms with E-state index in [1.54, 1.807) is 52.5 Å². The summed E-state index contributed by atoms with van der Waals surface area (Å²) in [5.41, 5.74) is 40.7. The van der Waals surface area contributed by atoms with E-state index in [1.165, 1.54) is 0 Å². The number of ether oxygens (including phenoxy) is 9. The van der Waals surface area contributed by atoms with Gasteiger partial charge >= 0.3 is 0 Å². The molecule has 21 heteroatoms. The standard InChI is InChI=1S/C38H46N12O9/c1-23(54-20-24-5-11-28(51-2)12-6-24)57-32-18-27(44-48-40)17-31(45-49-41)35(32)59-38-34(46-50-42)37(56-22-26-9-15-30(53-4)16-10-26)36(33(58-38)19-43-47-39)55-21-25-7-13-29(52-3)14-8-25/h5-16,23,27,31-38H,17-22H2,1-4H3/t23-,27?,31?,32-,33?,34?,35-,36-,37-,38-/m1/s1. The fraction of sp³-hybridized carbons (Fsp3) is 0.526. The van der Waals surface area contributed by atoms with Crippen molar-refractivity contribution in [2.45, 2.75) is 101 Å². The van der Waals surface area contributed by atoms with Gasteiger partial charge < -0.3 is 42.6 Å². The number of benzene rings is 3. The Labute approximate surface area is 339 Å². The maximum atomic E-state index is 9.93. The highest BCUT2D eigenvalue weighted by Gasteiger charge is 2.50. The van der Waals surface area contributed by atoms with Gasteiger partial charge in [-0.2, -0.15) is 0 Å². The Kier molecular flexibility index (Phi) is 17.1. The molecule has 312 valence electrons. The molecule has 0 spiro atoms. The highest BCUT2D eigenvalue weighted by Crippen LogP contribution is 2.36. The van der Waals surface area contributed by atoms with E-state index >= 15 is 0 Å². The molecule has 4 unspecified atom stereocenters. The van der Waals surface area contributed by atoms with Gasteiger partial charge in [0, 0.05) is 25.7 Å². The third kappa shape index (κ3) is 12.5. The smallest absolute Gasteiger partial charge is 0.169 e. The van der Waals surface area contributed by atoms with Crippen molar-refractivity contribution in [2.75, 3.05) is 27.9 Å². The first-order valence-corrected chi connectivity index (χ1v) is 18.7. The van der Waals surface area contributed by atoms with E-state index in [9.17, 15) is 22.1 Å². The van der Waals surface area contributed by atoms with Gasteiger partial charge in [-0.25, -0.2) is 0 Å². The van der Waals surface area contributed by atoms with E-state index in [4.69, 9.17) is 42.6 Å². The topological polar surface area (TPSA) is 278 Å². The summed E-state index contributed by atoms with van der Waals surface area (Å²) in [6.07, 6.45) is -6.80. The lowest BCUT2D eigenvalue weighted by Crippen LogP contribution is -2.62. The van der Waals surface area contributed by atoms with E-state index < -0.39 is 61.2 Å². The van der Waals surface area contributed by atoms with Crippen LogP contribution < -0.4 is 14.2 Å². The maximum absolute atomic E-state index is 9.93. The average molecular weight is 815 g/mol. The molecule has 1 saturated carbocycles. The fourth-order valence-electron chi connectivity index (χ4n) is 6.86. The lowest BCUT2D eigenvalue weighted by molar-refractivity contribution is -0.305. The van der Waals surface area contributed by atoms with Crippen molar-refractivity contribution in [3.63, 3.8) is 0 Å². The minimum absolute atomic E-state index is 0.0445. The van der Waals surface area contributed by atoms with Crippen molar-refractivity contribution in [1.82, 2.24) is 0 Å². The zero-order valence-electron chi connectivity index (χ0n) is 33.0. The molecule has 3 aromatic rings. The van der Waals surface area contributed by atoms with Crippen LogP contribution in [0.5, 0.6) is 17.2 Å². The Hall–Kier alpha value is -5.94. The van der Waals surface area contributed by atoms with Crippen LogP contribution in [0.3, 0.4) is 0 Å². The van der Waals surface area contributed by atoms with Gasteiger partial charge in [-0.15, -0.1) is 0 Å². The van der Waals surface area contributed by atoms with Crippen molar-refractivity contribution in [1.29, 1.82) is 0 Å². The second-order valence-corrected chi connectivity index (χ2v) is 13.5. The average Bonchev–Trinajstić information content (AvgIpc) is 3.26. The predicted octanol–water partition coefficient (Wildman–Crippen LogP) is 8.38. The van der Waals surface area contributed by atoms with E-state index in [1.807, 2.05) is 48.5 Å². The van der Waals surface area contributed by atoms with Crippen LogP contribution in [-0.4, -0.2) is 89.1 Å². The first kappa shape index (κ1) is 44.2. The van der Waals surface area contributed by atoms with Crippen molar-refractivity contribution in [3.8, 4) is 17.2 Å². The molecule has 3 aromatic carbocycles. The van der Waals surface area contributed by atoms with Crippen LogP contribution in [0, 0.1) is 0 Å². The number of methoxy groups -OCH3 is 3. The quantitative estimate of drug-likeness (QED) is 0.0431. The minimum atomic E-state index is -1.37. The van der Waals surface area contributed by atoms with Gasteiger partial charge in [0.1, 0.15) is 35.5 Å². The van der Waals surface area contributed by atoms with E-state index in [2.05, 4.69) is 40.1 Å². The molecule has 2 fully saturated rings. The second kappa shape index (κ2) is 22.9. The van der Waals surface area contributed by atoms with Gasteiger partial charge in [0.2, 0.25) is 0 Å². The van der Waals surface area contributed by atoms with Crippen molar-refractivity contribution < 1.29 is 42.6 Å². The Morgan fingerprint density at radius 2 is 1.17 bits per heavy atom. The Morgan fingerprint density at radius 3 is 1.68 bits per heavy atom. The number of hydrogen-bond acceptors (Lipinski definition) is 13. The molecule has 0 bridgehead atoms. The summed E-state index contributed by atoms with van der Waals surface area (Å²) >= 11 is 0. The Balaban J connectivity index is 1.46. The Morgan fingerprint density at radius 1 is 0.644 bits per heavy atom. The molecular weight excluding hydrogens is 768 g/mol. The second-order valence-electron chi connectivity index (χ2n) is 13.5. The van der Waals surface area contributed by atoms with Crippen LogP contribution in [0.4, 0.5) is 0 Å². The molecule has 1 aliphatic heterocycles. The first-order valence-electron chi connectivity index (χ1n) is 18.7. The van der Waals surface area contributed by atoms with Crippen molar-refractivity contribution in [3.05, 3.63) is 131 Å². The molecule has 0 N–H and O–H groups in total. The van der Waals surface area contributed by atoms with Crippen molar-refractivity contribution in [2.24, 2.45) is 20.5 Å². The molecule has 0 radical (unpaired) electrons. The summed E-state index contributed by atoms with van der Waals surface area (Å²) in [6, 6.07) is 19.0. The zero-order valence-corrected chi connectivity index (χ0v) is 33.0. The minimum Gasteiger partial charge on any atom is -0.497 e. The number of nitrogens with zero attached hydrogens (tertiary/aromatic N) is 12. The van der Waals surface area contributed by atoms with Gasteiger partial charge in [-0.1, -0.05) is 56.9 Å². The number of azide groups is 4. The predicted molar refractivity (Wildman–Crippen MR) is 211 cm³/mol. The van der Waals surface area contributed by atoms with Gasteiger partial charge in [0.15, 0.2) is 12.6 Å². The zero-order chi connectivity index (χ0) is 42.0. The molecule has 1 aliphatic carbocycles. The molecule has 5 rings (SSSR count). The van der Waals surface area contributed by atoms with Crippen LogP contribution in [0.1, 0.15) is 36.5 Å². The highest BCUT2D eigenvalue weighted by atomic mass is 16.7. The third-order valence-electron chi connectivity index (χ3n) is 9.81. The van der Waals surface area contributed by atoms with Gasteiger partial charge in [-0.05, 0) is 95.0 Å². The maximum Gasteiger partial charge on any atom is 0.169 e. The third-order valence-corrected chi connectivity index (χ3v) is 9.81. The van der Waals surface area contributed by atoms with E-state index in [0.717, 1.165) is 16.7 Å². The lowest BCUT2D eigenvalue weighted by atomic mass is 9.86. The molecule has 59 heavy (non-hydrogen) atoms. The number of hydrogen-bond donors (Lipinski definition) is 0. The van der Waals surface area contributed by atoms with Gasteiger partial charge in [-0.3, -0.25) is 0 Å². The summed E-state index contributed by atoms with van der Waals surface area (Å²) < 4.78 is 54.4. The van der Waals surface area contributed by atoms with E-state index in [-0.39, 0.29) is 39.2 Å². The number of rotatable bonds is 21. The lowest BCUT2D eigenvalue weighted by Gasteiger charge is -2.47. The molecule has 2 aliphatic rings. The normalized spacial score (nSPS) is 25.5. The monoisotopic (exact) mass is 814 g/mol. The van der Waals surface area contributed by atoms with Gasteiger partial charge in [0.25, 0.3) is 0 Å². The largest absolute Gasteiger partial charge is 0.497 e. The van der Waals surface area contributed by atoms with Gasteiger partial charge in [0.05, 0.1) is 72.0 Å². The molecule has 21 nitrogen and oxygen atoms in total. The Bertz CT molecular complexity index is 1970. The van der Waals surface area contributed by atoms with Crippen LogP contribution in [0.15, 0.2) is 93.3 Å². The summed E-state index contributed by atoms with van der Waals surface area (Å²) in [5, 5.41) is 15.8. The summed E-state index contributed by atoms with van der Waals surface area (Å²) in [4.78, 5) is 12.1. The molecule has 0 aromatic heterocycles. The first-order chi connectivity index (χ1) is 28.8. The molecule has 10 atom stereocenters. The van der Waals surface area contributed by atoms with Crippen LogP contribution >= 0.6 is 0 Å². The van der Waals surface area contributed by atoms with Crippen LogP contribution in [0.25, 0.3) is 41.8 Å². The molecule has 1 saturated heterocycles. The van der Waals surface area contributed by atoms with Crippen LogP contribution in [0.2, 0.25) is 0 Å². The fourth-order valence-corrected chi connectivity index (χ4v) is 6.86. The van der Waals surface area contributed by atoms with E-state index in [0.29, 0.717) is 17.2 Å².